The summed E-state index contributed by atoms with van der Waals surface area (Å²) in [5.74, 6) is 4.37. The van der Waals surface area contributed by atoms with E-state index >= 15 is 0 Å². The Bertz CT molecular complexity index is 905. The van der Waals surface area contributed by atoms with E-state index in [4.69, 9.17) is 5.84 Å². The van der Waals surface area contributed by atoms with Gasteiger partial charge in [0, 0.05) is 18.1 Å². The van der Waals surface area contributed by atoms with E-state index in [0.29, 0.717) is 15.8 Å². The Morgan fingerprint density at radius 1 is 1.30 bits per heavy atom. The summed E-state index contributed by atoms with van der Waals surface area (Å²) in [4.78, 5) is 0. The Hall–Kier alpha value is -2.67. The molecule has 6 nitrogen and oxygen atoms in total. The van der Waals surface area contributed by atoms with E-state index in [2.05, 4.69) is 16.3 Å². The van der Waals surface area contributed by atoms with Crippen molar-refractivity contribution in [2.75, 3.05) is 5.84 Å². The molecule has 3 heterocycles. The van der Waals surface area contributed by atoms with Crippen LogP contribution in [0.4, 0.5) is 13.2 Å². The summed E-state index contributed by atoms with van der Waals surface area (Å²) in [6.07, 6.45) is -1.12. The summed E-state index contributed by atoms with van der Waals surface area (Å²) in [5.41, 5.74) is 1.88. The number of nitrogens with two attached hydrogens (primary N) is 1. The lowest BCUT2D eigenvalue weighted by Gasteiger charge is -2.05. The van der Waals surface area contributed by atoms with Crippen LogP contribution in [0.25, 0.3) is 5.52 Å². The molecule has 0 aromatic carbocycles. The minimum Gasteiger partial charge on any atom is -0.335 e. The Labute approximate surface area is 132 Å². The van der Waals surface area contributed by atoms with Crippen molar-refractivity contribution in [3.63, 3.8) is 0 Å². The first-order valence-electron chi connectivity index (χ1n) is 6.31. The van der Waals surface area contributed by atoms with Crippen LogP contribution in [0.5, 0.6) is 0 Å². The van der Waals surface area contributed by atoms with Crippen molar-refractivity contribution in [1.82, 2.24) is 19.3 Å². The fourth-order valence-electron chi connectivity index (χ4n) is 2.13. The zero-order valence-electron chi connectivity index (χ0n) is 11.4. The fraction of sp³-hybridized carbons (Fsp3) is 0.154. The van der Waals surface area contributed by atoms with Crippen molar-refractivity contribution in [1.29, 1.82) is 5.26 Å². The molecule has 118 valence electrons. The van der Waals surface area contributed by atoms with Gasteiger partial charge in [0.1, 0.15) is 6.07 Å². The standard InChI is InChI=1S/C13H9F3N6S/c14-13(15,16)11-19-20-12(22(11)18)23-7-8-6-21-4-2-1-3-10(21)9(8)5-17/h1-4,6H,7,18H2. The molecule has 0 aliphatic carbocycles. The Morgan fingerprint density at radius 3 is 2.74 bits per heavy atom. The van der Waals surface area contributed by atoms with E-state index in [9.17, 15) is 18.4 Å². The van der Waals surface area contributed by atoms with Gasteiger partial charge in [-0.05, 0) is 17.7 Å². The molecular formula is C13H9F3N6S. The smallest absolute Gasteiger partial charge is 0.335 e. The number of nitrogens with zero attached hydrogens (tertiary/aromatic N) is 5. The molecular weight excluding hydrogens is 329 g/mol. The molecule has 0 unspecified atom stereocenters. The number of thioether (sulfide) groups is 1. The normalized spacial score (nSPS) is 11.7. The van der Waals surface area contributed by atoms with Crippen molar-refractivity contribution >= 4 is 17.3 Å². The van der Waals surface area contributed by atoms with Crippen LogP contribution < -0.4 is 5.84 Å². The van der Waals surface area contributed by atoms with E-state index in [1.807, 2.05) is 6.07 Å². The van der Waals surface area contributed by atoms with Crippen molar-refractivity contribution in [2.24, 2.45) is 0 Å². The molecule has 0 aliphatic heterocycles. The zero-order chi connectivity index (χ0) is 16.6. The molecule has 0 amide bonds. The van der Waals surface area contributed by atoms with E-state index in [1.165, 1.54) is 0 Å². The molecule has 0 fully saturated rings. The third-order valence-electron chi connectivity index (χ3n) is 3.15. The second kappa shape index (κ2) is 5.51. The van der Waals surface area contributed by atoms with E-state index in [0.717, 1.165) is 17.3 Å². The number of nitrogen functional groups attached to an aromatic ring is 1. The Balaban J connectivity index is 1.87. The highest BCUT2D eigenvalue weighted by atomic mass is 32.2. The first-order valence-corrected chi connectivity index (χ1v) is 7.29. The molecule has 3 aromatic heterocycles. The lowest BCUT2D eigenvalue weighted by atomic mass is 10.2. The van der Waals surface area contributed by atoms with Crippen LogP contribution in [-0.2, 0) is 11.9 Å². The number of nitriles is 1. The van der Waals surface area contributed by atoms with Crippen LogP contribution in [0.2, 0.25) is 0 Å². The predicted octanol–water partition coefficient (Wildman–Crippen LogP) is 2.43. The molecule has 0 saturated carbocycles. The first-order chi connectivity index (χ1) is 10.9. The zero-order valence-corrected chi connectivity index (χ0v) is 12.3. The van der Waals surface area contributed by atoms with Gasteiger partial charge in [-0.2, -0.15) is 18.4 Å². The quantitative estimate of drug-likeness (QED) is 0.586. The number of alkyl halides is 3. The number of halogens is 3. The van der Waals surface area contributed by atoms with Gasteiger partial charge in [-0.25, -0.2) is 4.68 Å². The van der Waals surface area contributed by atoms with E-state index in [1.54, 1.807) is 28.9 Å². The van der Waals surface area contributed by atoms with Crippen molar-refractivity contribution in [3.05, 3.63) is 47.5 Å². The first kappa shape index (κ1) is 15.2. The predicted molar refractivity (Wildman–Crippen MR) is 76.8 cm³/mol. The van der Waals surface area contributed by atoms with Crippen LogP contribution in [0, 0.1) is 11.3 Å². The molecule has 0 aliphatic rings. The number of hydrogen-bond acceptors (Lipinski definition) is 5. The van der Waals surface area contributed by atoms with Gasteiger partial charge < -0.3 is 10.2 Å². The summed E-state index contributed by atoms with van der Waals surface area (Å²) < 4.78 is 40.1. The third kappa shape index (κ3) is 2.70. The maximum absolute atomic E-state index is 12.6. The number of hydrogen-bond donors (Lipinski definition) is 1. The van der Waals surface area contributed by atoms with Gasteiger partial charge >= 0.3 is 6.18 Å². The number of fused-ring (bicyclic) bond motifs is 1. The van der Waals surface area contributed by atoms with Gasteiger partial charge in [0.05, 0.1) is 11.1 Å². The fourth-order valence-corrected chi connectivity index (χ4v) is 2.95. The molecule has 2 N–H and O–H groups in total. The van der Waals surface area contributed by atoms with E-state index < -0.39 is 12.0 Å². The second-order valence-corrected chi connectivity index (χ2v) is 5.54. The molecule has 0 saturated heterocycles. The molecule has 3 rings (SSSR count). The van der Waals surface area contributed by atoms with Crippen molar-refractivity contribution in [3.8, 4) is 6.07 Å². The minimum atomic E-state index is -4.66. The van der Waals surface area contributed by atoms with Gasteiger partial charge in [-0.1, -0.05) is 17.8 Å². The average molecular weight is 338 g/mol. The molecule has 0 atom stereocenters. The lowest BCUT2D eigenvalue weighted by Crippen LogP contribution is -2.21. The molecule has 0 bridgehead atoms. The topological polar surface area (TPSA) is 84.9 Å². The highest BCUT2D eigenvalue weighted by molar-refractivity contribution is 7.98. The van der Waals surface area contributed by atoms with Crippen LogP contribution in [0.15, 0.2) is 35.7 Å². The van der Waals surface area contributed by atoms with Crippen molar-refractivity contribution < 1.29 is 13.2 Å². The van der Waals surface area contributed by atoms with Gasteiger partial charge in [0.15, 0.2) is 0 Å². The second-order valence-electron chi connectivity index (χ2n) is 4.60. The maximum Gasteiger partial charge on any atom is 0.453 e. The highest BCUT2D eigenvalue weighted by Gasteiger charge is 2.38. The Kier molecular flexibility index (Phi) is 3.65. The van der Waals surface area contributed by atoms with Gasteiger partial charge in [0.25, 0.3) is 5.82 Å². The molecule has 10 heteroatoms. The summed E-state index contributed by atoms with van der Waals surface area (Å²) in [6.45, 7) is 0. The lowest BCUT2D eigenvalue weighted by molar-refractivity contribution is -0.146. The highest BCUT2D eigenvalue weighted by Crippen LogP contribution is 2.30. The largest absolute Gasteiger partial charge is 0.453 e. The van der Waals surface area contributed by atoms with Crippen LogP contribution in [0.3, 0.4) is 0 Å². The van der Waals surface area contributed by atoms with Gasteiger partial charge in [-0.3, -0.25) is 0 Å². The molecule has 0 spiro atoms. The molecule has 0 radical (unpaired) electrons. The monoisotopic (exact) mass is 338 g/mol. The SMILES string of the molecule is N#Cc1c(CSc2nnc(C(F)(F)F)n2N)cn2ccccc12. The van der Waals surface area contributed by atoms with Crippen molar-refractivity contribution in [2.45, 2.75) is 17.1 Å². The van der Waals surface area contributed by atoms with E-state index in [-0.39, 0.29) is 10.9 Å². The Morgan fingerprint density at radius 2 is 2.09 bits per heavy atom. The van der Waals surface area contributed by atoms with Crippen LogP contribution in [0.1, 0.15) is 17.0 Å². The maximum atomic E-state index is 12.6. The van der Waals surface area contributed by atoms with Crippen LogP contribution >= 0.6 is 11.8 Å². The number of pyridine rings is 1. The molecule has 23 heavy (non-hydrogen) atoms. The van der Waals surface area contributed by atoms with Crippen LogP contribution in [-0.4, -0.2) is 19.3 Å². The summed E-state index contributed by atoms with van der Waals surface area (Å²) in [5, 5.41) is 15.7. The van der Waals surface area contributed by atoms with Gasteiger partial charge in [0.2, 0.25) is 5.16 Å². The third-order valence-corrected chi connectivity index (χ3v) is 4.14. The summed E-state index contributed by atoms with van der Waals surface area (Å²) in [6, 6.07) is 7.52. The summed E-state index contributed by atoms with van der Waals surface area (Å²) >= 11 is 0.982. The average Bonchev–Trinajstić information content (AvgIpc) is 3.04. The number of rotatable bonds is 3. The number of aromatic nitrogens is 4. The summed E-state index contributed by atoms with van der Waals surface area (Å²) in [7, 11) is 0. The molecule has 3 aromatic rings. The van der Waals surface area contributed by atoms with Gasteiger partial charge in [-0.15, -0.1) is 10.2 Å². The minimum absolute atomic E-state index is 0.0727.